The van der Waals surface area contributed by atoms with E-state index in [0.29, 0.717) is 10.9 Å². The maximum atomic E-state index is 12.6. The molecule has 3 aromatic rings. The Labute approximate surface area is 184 Å². The zero-order chi connectivity index (χ0) is 22.6. The van der Waals surface area contributed by atoms with E-state index in [2.05, 4.69) is 15.3 Å². The summed E-state index contributed by atoms with van der Waals surface area (Å²) in [6.07, 6.45) is 1.43. The van der Waals surface area contributed by atoms with E-state index in [4.69, 9.17) is 9.47 Å². The maximum absolute atomic E-state index is 12.6. The number of nitrogens with one attached hydrogen (secondary N) is 1. The monoisotopic (exact) mass is 462 g/mol. The molecule has 0 spiro atoms. The lowest BCUT2D eigenvalue weighted by Gasteiger charge is -2.14. The first-order chi connectivity index (χ1) is 14.6. The molecular weight excluding hydrogens is 440 g/mol. The lowest BCUT2D eigenvalue weighted by molar-refractivity contribution is 0.102. The number of sulfonamides is 1. The highest BCUT2D eigenvalue weighted by molar-refractivity contribution is 7.89. The molecule has 164 valence electrons. The standard InChI is InChI=1S/C20H22N4O5S2/c1-13(2)28-17-11-14(19(25)23-20-21-9-10-30-20)12-18(22-17)29-15-5-7-16(8-6-15)31(26,27)24(3)4/h5-13H,1-4H3,(H,21,23,25). The highest BCUT2D eigenvalue weighted by Crippen LogP contribution is 2.26. The van der Waals surface area contributed by atoms with Crippen LogP contribution >= 0.6 is 11.3 Å². The zero-order valence-electron chi connectivity index (χ0n) is 17.4. The van der Waals surface area contributed by atoms with Crippen LogP contribution in [-0.2, 0) is 10.0 Å². The second-order valence-electron chi connectivity index (χ2n) is 6.85. The van der Waals surface area contributed by atoms with E-state index in [1.165, 1.54) is 61.8 Å². The molecule has 0 aliphatic carbocycles. The number of carbonyl (C=O) groups excluding carboxylic acids is 1. The lowest BCUT2D eigenvalue weighted by Crippen LogP contribution is -2.22. The molecule has 0 saturated heterocycles. The van der Waals surface area contributed by atoms with Gasteiger partial charge in [0.25, 0.3) is 5.91 Å². The number of amides is 1. The summed E-state index contributed by atoms with van der Waals surface area (Å²) < 4.78 is 36.9. The van der Waals surface area contributed by atoms with E-state index in [1.54, 1.807) is 11.6 Å². The Morgan fingerprint density at radius 2 is 1.81 bits per heavy atom. The molecule has 11 heteroatoms. The van der Waals surface area contributed by atoms with Crippen molar-refractivity contribution < 1.29 is 22.7 Å². The minimum atomic E-state index is -3.55. The van der Waals surface area contributed by atoms with Crippen LogP contribution in [0.2, 0.25) is 0 Å². The number of hydrogen-bond acceptors (Lipinski definition) is 8. The van der Waals surface area contributed by atoms with Crippen LogP contribution in [0.3, 0.4) is 0 Å². The van der Waals surface area contributed by atoms with Crippen molar-refractivity contribution >= 4 is 32.4 Å². The van der Waals surface area contributed by atoms with Crippen LogP contribution in [0.4, 0.5) is 5.13 Å². The average molecular weight is 463 g/mol. The molecule has 3 rings (SSSR count). The number of pyridine rings is 1. The fourth-order valence-corrected chi connectivity index (χ4v) is 3.86. The molecule has 2 aromatic heterocycles. The number of anilines is 1. The molecule has 2 heterocycles. The van der Waals surface area contributed by atoms with Crippen molar-refractivity contribution in [2.45, 2.75) is 24.8 Å². The van der Waals surface area contributed by atoms with Gasteiger partial charge in [0.05, 0.1) is 16.6 Å². The van der Waals surface area contributed by atoms with Crippen LogP contribution < -0.4 is 14.8 Å². The molecule has 1 amide bonds. The number of thiazole rings is 1. The summed E-state index contributed by atoms with van der Waals surface area (Å²) in [6, 6.07) is 8.90. The van der Waals surface area contributed by atoms with Gasteiger partial charge in [0.15, 0.2) is 5.13 Å². The summed E-state index contributed by atoms with van der Waals surface area (Å²) in [7, 11) is -0.624. The summed E-state index contributed by atoms with van der Waals surface area (Å²) >= 11 is 1.30. The predicted octanol–water partition coefficient (Wildman–Crippen LogP) is 3.62. The van der Waals surface area contributed by atoms with Gasteiger partial charge in [-0.05, 0) is 38.1 Å². The summed E-state index contributed by atoms with van der Waals surface area (Å²) in [5.74, 6) is 0.329. The van der Waals surface area contributed by atoms with E-state index in [9.17, 15) is 13.2 Å². The Morgan fingerprint density at radius 3 is 2.39 bits per heavy atom. The van der Waals surface area contributed by atoms with Gasteiger partial charge < -0.3 is 9.47 Å². The molecule has 0 aliphatic rings. The van der Waals surface area contributed by atoms with E-state index in [-0.39, 0.29) is 34.2 Å². The molecule has 0 radical (unpaired) electrons. The Morgan fingerprint density at radius 1 is 1.13 bits per heavy atom. The minimum absolute atomic E-state index is 0.130. The predicted molar refractivity (Wildman–Crippen MR) is 117 cm³/mol. The SMILES string of the molecule is CC(C)Oc1cc(C(=O)Nc2nccs2)cc(Oc2ccc(S(=O)(=O)N(C)C)cc2)n1. The van der Waals surface area contributed by atoms with Gasteiger partial charge >= 0.3 is 0 Å². The van der Waals surface area contributed by atoms with Crippen LogP contribution in [0.15, 0.2) is 52.9 Å². The van der Waals surface area contributed by atoms with Gasteiger partial charge in [-0.15, -0.1) is 11.3 Å². The van der Waals surface area contributed by atoms with Crippen LogP contribution in [0.1, 0.15) is 24.2 Å². The van der Waals surface area contributed by atoms with Crippen molar-refractivity contribution in [3.8, 4) is 17.5 Å². The van der Waals surface area contributed by atoms with Crippen LogP contribution in [0.25, 0.3) is 0 Å². The van der Waals surface area contributed by atoms with E-state index < -0.39 is 10.0 Å². The van der Waals surface area contributed by atoms with Crippen molar-refractivity contribution in [3.63, 3.8) is 0 Å². The van der Waals surface area contributed by atoms with Crippen molar-refractivity contribution in [2.24, 2.45) is 0 Å². The molecule has 31 heavy (non-hydrogen) atoms. The molecule has 0 unspecified atom stereocenters. The number of nitrogens with zero attached hydrogens (tertiary/aromatic N) is 3. The molecule has 0 aliphatic heterocycles. The average Bonchev–Trinajstić information content (AvgIpc) is 3.20. The van der Waals surface area contributed by atoms with Crippen LogP contribution in [-0.4, -0.2) is 48.8 Å². The second kappa shape index (κ2) is 9.41. The normalized spacial score (nSPS) is 11.5. The van der Waals surface area contributed by atoms with E-state index in [1.807, 2.05) is 13.8 Å². The number of ether oxygens (including phenoxy) is 2. The zero-order valence-corrected chi connectivity index (χ0v) is 19.0. The van der Waals surface area contributed by atoms with Gasteiger partial charge in [0.2, 0.25) is 21.8 Å². The van der Waals surface area contributed by atoms with Crippen molar-refractivity contribution in [1.29, 1.82) is 0 Å². The van der Waals surface area contributed by atoms with Crippen LogP contribution in [0, 0.1) is 0 Å². The smallest absolute Gasteiger partial charge is 0.257 e. The van der Waals surface area contributed by atoms with E-state index in [0.717, 1.165) is 4.31 Å². The second-order valence-corrected chi connectivity index (χ2v) is 9.90. The number of rotatable bonds is 8. The van der Waals surface area contributed by atoms with Gasteiger partial charge in [0, 0.05) is 37.8 Å². The van der Waals surface area contributed by atoms with Crippen LogP contribution in [0.5, 0.6) is 17.5 Å². The molecule has 0 saturated carbocycles. The van der Waals surface area contributed by atoms with Gasteiger partial charge in [-0.3, -0.25) is 10.1 Å². The summed E-state index contributed by atoms with van der Waals surface area (Å²) in [4.78, 5) is 21.1. The van der Waals surface area contributed by atoms with Gasteiger partial charge in [0.1, 0.15) is 5.75 Å². The molecular formula is C20H22N4O5S2. The summed E-state index contributed by atoms with van der Waals surface area (Å²) in [6.45, 7) is 3.68. The fourth-order valence-electron chi connectivity index (χ4n) is 2.43. The number of hydrogen-bond donors (Lipinski definition) is 1. The molecule has 0 fully saturated rings. The number of aromatic nitrogens is 2. The third-order valence-electron chi connectivity index (χ3n) is 3.87. The van der Waals surface area contributed by atoms with Gasteiger partial charge in [-0.1, -0.05) is 0 Å². The van der Waals surface area contributed by atoms with Crippen molar-refractivity contribution in [2.75, 3.05) is 19.4 Å². The molecule has 1 aromatic carbocycles. The Kier molecular flexibility index (Phi) is 6.88. The first kappa shape index (κ1) is 22.7. The lowest BCUT2D eigenvalue weighted by atomic mass is 10.2. The maximum Gasteiger partial charge on any atom is 0.257 e. The largest absolute Gasteiger partial charge is 0.475 e. The topological polar surface area (TPSA) is 111 Å². The Hall–Kier alpha value is -3.02. The number of benzene rings is 1. The highest BCUT2D eigenvalue weighted by atomic mass is 32.2. The Balaban J connectivity index is 1.86. The van der Waals surface area contributed by atoms with Crippen molar-refractivity contribution in [1.82, 2.24) is 14.3 Å². The molecule has 1 N–H and O–H groups in total. The minimum Gasteiger partial charge on any atom is -0.475 e. The third-order valence-corrected chi connectivity index (χ3v) is 6.39. The highest BCUT2D eigenvalue weighted by Gasteiger charge is 2.18. The molecule has 0 bridgehead atoms. The third kappa shape index (κ3) is 5.78. The fraction of sp³-hybridized carbons (Fsp3) is 0.250. The summed E-state index contributed by atoms with van der Waals surface area (Å²) in [5, 5.41) is 4.92. The van der Waals surface area contributed by atoms with Crippen molar-refractivity contribution in [3.05, 3.63) is 53.5 Å². The van der Waals surface area contributed by atoms with E-state index >= 15 is 0 Å². The molecule has 9 nitrogen and oxygen atoms in total. The quantitative estimate of drug-likeness (QED) is 0.544. The Bertz CT molecular complexity index is 1140. The van der Waals surface area contributed by atoms with Gasteiger partial charge in [-0.25, -0.2) is 17.7 Å². The molecule has 0 atom stereocenters. The first-order valence-electron chi connectivity index (χ1n) is 9.25. The van der Waals surface area contributed by atoms with Gasteiger partial charge in [-0.2, -0.15) is 4.98 Å². The summed E-state index contributed by atoms with van der Waals surface area (Å²) in [5.41, 5.74) is 0.280. The number of carbonyl (C=O) groups is 1. The first-order valence-corrected chi connectivity index (χ1v) is 11.6.